The number of aryl methyl sites for hydroxylation is 1. The minimum Gasteiger partial charge on any atom is -0.207 e. The van der Waals surface area contributed by atoms with Crippen molar-refractivity contribution >= 4 is 33.2 Å². The number of hydrogen-bond acceptors (Lipinski definition) is 2. The van der Waals surface area contributed by atoms with Gasteiger partial charge in [0, 0.05) is 11.1 Å². The fraction of sp³-hybridized carbons (Fsp3) is 0.250. The maximum Gasteiger partial charge on any atom is 0.242 e. The first-order chi connectivity index (χ1) is 10.3. The third kappa shape index (κ3) is 4.02. The molecule has 0 radical (unpaired) electrons. The van der Waals surface area contributed by atoms with Crippen LogP contribution in [0.1, 0.15) is 31.0 Å². The molecule has 0 fully saturated rings. The van der Waals surface area contributed by atoms with E-state index in [1.807, 2.05) is 24.3 Å². The van der Waals surface area contributed by atoms with Crippen molar-refractivity contribution in [3.8, 4) is 0 Å². The summed E-state index contributed by atoms with van der Waals surface area (Å²) in [6, 6.07) is 11.8. The number of hydrogen-bond donors (Lipinski definition) is 1. The van der Waals surface area contributed by atoms with Gasteiger partial charge in [0.25, 0.3) is 0 Å². The quantitative estimate of drug-likeness (QED) is 0.849. The summed E-state index contributed by atoms with van der Waals surface area (Å²) in [5.41, 5.74) is 2.09. The van der Waals surface area contributed by atoms with Gasteiger partial charge >= 0.3 is 0 Å². The van der Waals surface area contributed by atoms with Gasteiger partial charge in [0.2, 0.25) is 10.0 Å². The zero-order valence-electron chi connectivity index (χ0n) is 12.3. The highest BCUT2D eigenvalue weighted by atomic mass is 35.5. The molecule has 0 saturated carbocycles. The van der Waals surface area contributed by atoms with Gasteiger partial charge in [0.15, 0.2) is 0 Å². The monoisotopic (exact) mass is 357 g/mol. The molecule has 0 aromatic heterocycles. The Kier molecular flexibility index (Phi) is 5.50. The molecular weight excluding hydrogens is 341 g/mol. The van der Waals surface area contributed by atoms with Crippen LogP contribution >= 0.6 is 23.2 Å². The van der Waals surface area contributed by atoms with Gasteiger partial charge in [0.1, 0.15) is 4.90 Å². The summed E-state index contributed by atoms with van der Waals surface area (Å²) in [7, 11) is -3.74. The maximum atomic E-state index is 12.5. The molecule has 0 spiro atoms. The van der Waals surface area contributed by atoms with E-state index in [1.54, 1.807) is 13.0 Å². The molecule has 0 amide bonds. The first-order valence-corrected chi connectivity index (χ1v) is 9.13. The fourth-order valence-electron chi connectivity index (χ4n) is 2.09. The molecule has 2 aromatic carbocycles. The van der Waals surface area contributed by atoms with E-state index < -0.39 is 10.0 Å². The summed E-state index contributed by atoms with van der Waals surface area (Å²) in [6.45, 7) is 3.86. The molecule has 0 aliphatic heterocycles. The van der Waals surface area contributed by atoms with Gasteiger partial charge < -0.3 is 0 Å². The highest BCUT2D eigenvalue weighted by Gasteiger charge is 2.21. The summed E-state index contributed by atoms with van der Waals surface area (Å²) < 4.78 is 27.5. The molecule has 0 heterocycles. The van der Waals surface area contributed by atoms with Crippen LogP contribution in [-0.2, 0) is 16.4 Å². The van der Waals surface area contributed by atoms with Crippen LogP contribution in [0, 0.1) is 0 Å². The Hall–Kier alpha value is -1.07. The lowest BCUT2D eigenvalue weighted by Crippen LogP contribution is -2.27. The van der Waals surface area contributed by atoms with Crippen LogP contribution in [0.5, 0.6) is 0 Å². The smallest absolute Gasteiger partial charge is 0.207 e. The van der Waals surface area contributed by atoms with Crippen LogP contribution in [0.25, 0.3) is 0 Å². The molecule has 0 unspecified atom stereocenters. The second-order valence-electron chi connectivity index (χ2n) is 5.01. The summed E-state index contributed by atoms with van der Waals surface area (Å²) >= 11 is 11.8. The van der Waals surface area contributed by atoms with E-state index >= 15 is 0 Å². The zero-order chi connectivity index (χ0) is 16.3. The van der Waals surface area contributed by atoms with Crippen LogP contribution < -0.4 is 4.72 Å². The maximum absolute atomic E-state index is 12.5. The van der Waals surface area contributed by atoms with Crippen molar-refractivity contribution in [2.75, 3.05) is 0 Å². The van der Waals surface area contributed by atoms with E-state index in [4.69, 9.17) is 23.2 Å². The second-order valence-corrected chi connectivity index (χ2v) is 7.54. The molecule has 1 N–H and O–H groups in total. The van der Waals surface area contributed by atoms with E-state index in [0.29, 0.717) is 5.02 Å². The average Bonchev–Trinajstić information content (AvgIpc) is 2.49. The molecule has 2 rings (SSSR count). The number of sulfonamides is 1. The molecule has 118 valence electrons. The van der Waals surface area contributed by atoms with Gasteiger partial charge in [-0.3, -0.25) is 0 Å². The number of nitrogens with one attached hydrogen (secondary N) is 1. The first kappa shape index (κ1) is 17.3. The number of benzene rings is 2. The van der Waals surface area contributed by atoms with Gasteiger partial charge in [-0.25, -0.2) is 13.1 Å². The van der Waals surface area contributed by atoms with Crippen molar-refractivity contribution in [1.29, 1.82) is 0 Å². The zero-order valence-corrected chi connectivity index (χ0v) is 14.6. The minimum atomic E-state index is -3.74. The summed E-state index contributed by atoms with van der Waals surface area (Å²) in [5, 5.41) is 0.468. The molecule has 3 nitrogen and oxygen atoms in total. The topological polar surface area (TPSA) is 46.2 Å². The third-order valence-electron chi connectivity index (χ3n) is 3.40. The van der Waals surface area contributed by atoms with Gasteiger partial charge in [0.05, 0.1) is 5.02 Å². The Bertz CT molecular complexity index is 758. The Morgan fingerprint density at radius 1 is 1.09 bits per heavy atom. The molecular formula is C16H17Cl2NO2S. The van der Waals surface area contributed by atoms with E-state index in [2.05, 4.69) is 11.6 Å². The van der Waals surface area contributed by atoms with Gasteiger partial charge in [-0.1, -0.05) is 54.4 Å². The van der Waals surface area contributed by atoms with Crippen LogP contribution in [0.15, 0.2) is 47.4 Å². The second kappa shape index (κ2) is 7.01. The van der Waals surface area contributed by atoms with Crippen LogP contribution in [-0.4, -0.2) is 8.42 Å². The van der Waals surface area contributed by atoms with E-state index in [9.17, 15) is 8.42 Å². The van der Waals surface area contributed by atoms with Crippen molar-refractivity contribution in [1.82, 2.24) is 4.72 Å². The highest BCUT2D eigenvalue weighted by molar-refractivity contribution is 7.89. The Labute approximate surface area is 141 Å². The van der Waals surface area contributed by atoms with E-state index in [0.717, 1.165) is 12.0 Å². The van der Waals surface area contributed by atoms with Crippen molar-refractivity contribution in [2.24, 2.45) is 0 Å². The number of halogens is 2. The minimum absolute atomic E-state index is 0.0151. The summed E-state index contributed by atoms with van der Waals surface area (Å²) in [5.74, 6) is 0. The molecule has 0 aliphatic rings. The Morgan fingerprint density at radius 2 is 1.73 bits per heavy atom. The normalized spacial score (nSPS) is 13.1. The lowest BCUT2D eigenvalue weighted by molar-refractivity contribution is 0.567. The summed E-state index contributed by atoms with van der Waals surface area (Å²) in [4.78, 5) is -0.0151. The summed E-state index contributed by atoms with van der Waals surface area (Å²) in [6.07, 6.45) is 0.943. The molecule has 0 bridgehead atoms. The molecule has 2 aromatic rings. The molecule has 6 heteroatoms. The Morgan fingerprint density at radius 3 is 2.32 bits per heavy atom. The standard InChI is InChI=1S/C16H17Cl2NO2S/c1-3-12-4-6-13(7-5-12)11(2)19-22(20,21)16-10-14(17)8-9-15(16)18/h4-11,19H,3H2,1-2H3/t11-/m0/s1. The Balaban J connectivity index is 2.25. The predicted octanol–water partition coefficient (Wildman–Crippen LogP) is 4.60. The largest absolute Gasteiger partial charge is 0.242 e. The van der Waals surface area contributed by atoms with Crippen molar-refractivity contribution < 1.29 is 8.42 Å². The molecule has 0 aliphatic carbocycles. The van der Waals surface area contributed by atoms with Crippen LogP contribution in [0.3, 0.4) is 0 Å². The number of rotatable bonds is 5. The van der Waals surface area contributed by atoms with Crippen molar-refractivity contribution in [2.45, 2.75) is 31.2 Å². The van der Waals surface area contributed by atoms with Gasteiger partial charge in [-0.2, -0.15) is 0 Å². The van der Waals surface area contributed by atoms with Gasteiger partial charge in [-0.05, 0) is 42.7 Å². The van der Waals surface area contributed by atoms with E-state index in [-0.39, 0.29) is 16.0 Å². The van der Waals surface area contributed by atoms with Gasteiger partial charge in [-0.15, -0.1) is 0 Å². The molecule has 0 saturated heterocycles. The average molecular weight is 358 g/mol. The SMILES string of the molecule is CCc1ccc([C@H](C)NS(=O)(=O)c2cc(Cl)ccc2Cl)cc1. The fourth-order valence-corrected chi connectivity index (χ4v) is 4.08. The third-order valence-corrected chi connectivity index (χ3v) is 5.66. The van der Waals surface area contributed by atoms with E-state index in [1.165, 1.54) is 17.7 Å². The molecule has 22 heavy (non-hydrogen) atoms. The van der Waals surface area contributed by atoms with Crippen molar-refractivity contribution in [3.63, 3.8) is 0 Å². The van der Waals surface area contributed by atoms with Crippen LogP contribution in [0.2, 0.25) is 10.0 Å². The first-order valence-electron chi connectivity index (χ1n) is 6.89. The lowest BCUT2D eigenvalue weighted by atomic mass is 10.1. The van der Waals surface area contributed by atoms with Crippen molar-refractivity contribution in [3.05, 3.63) is 63.6 Å². The predicted molar refractivity (Wildman–Crippen MR) is 91.0 cm³/mol. The van der Waals surface area contributed by atoms with Crippen LogP contribution in [0.4, 0.5) is 0 Å². The lowest BCUT2D eigenvalue weighted by Gasteiger charge is -2.16. The highest BCUT2D eigenvalue weighted by Crippen LogP contribution is 2.26. The molecule has 1 atom stereocenters.